The standard InChI is InChI=1S/C22H21F2N5O2/c23-14-4-1-5-15(24)20(14)17-7-6-16(25)21(27-17)22(31)28-18-11-26-9-8-19(18)29-10-2-3-13(30)12-29/h1,4-9,11,13,30H,2-3,10,12,25H2,(H,28,31)/t13-/m0/s1. The quantitative estimate of drug-likeness (QED) is 0.593. The number of nitrogen functional groups attached to an aromatic ring is 1. The SMILES string of the molecule is Nc1ccc(-c2c(F)cccc2F)nc1C(=O)Nc1cnccc1N1CCC[C@H](O)C1. The summed E-state index contributed by atoms with van der Waals surface area (Å²) < 4.78 is 28.3. The van der Waals surface area contributed by atoms with Gasteiger partial charge in [-0.25, -0.2) is 13.8 Å². The molecule has 4 rings (SSSR count). The monoisotopic (exact) mass is 425 g/mol. The van der Waals surface area contributed by atoms with Crippen molar-refractivity contribution in [1.82, 2.24) is 9.97 Å². The van der Waals surface area contributed by atoms with Crippen molar-refractivity contribution >= 4 is 23.0 Å². The van der Waals surface area contributed by atoms with Crippen LogP contribution in [0.4, 0.5) is 25.8 Å². The molecule has 1 aliphatic rings. The molecule has 0 unspecified atom stereocenters. The number of carbonyl (C=O) groups is 1. The van der Waals surface area contributed by atoms with Crippen molar-refractivity contribution in [2.75, 3.05) is 29.0 Å². The Morgan fingerprint density at radius 2 is 1.97 bits per heavy atom. The Hall–Kier alpha value is -3.59. The lowest BCUT2D eigenvalue weighted by molar-refractivity contribution is 0.102. The molecule has 3 aromatic rings. The van der Waals surface area contributed by atoms with Gasteiger partial charge in [0, 0.05) is 19.3 Å². The van der Waals surface area contributed by atoms with Gasteiger partial charge in [-0.05, 0) is 43.2 Å². The first-order valence-corrected chi connectivity index (χ1v) is 9.83. The van der Waals surface area contributed by atoms with Crippen LogP contribution < -0.4 is 16.0 Å². The lowest BCUT2D eigenvalue weighted by Gasteiger charge is -2.33. The zero-order valence-electron chi connectivity index (χ0n) is 16.6. The van der Waals surface area contributed by atoms with Gasteiger partial charge in [0.05, 0.1) is 40.6 Å². The summed E-state index contributed by atoms with van der Waals surface area (Å²) in [5.41, 5.74) is 6.59. The number of nitrogens with zero attached hydrogens (tertiary/aromatic N) is 3. The van der Waals surface area contributed by atoms with Crippen LogP contribution in [0.2, 0.25) is 0 Å². The summed E-state index contributed by atoms with van der Waals surface area (Å²) in [6, 6.07) is 7.97. The molecule has 7 nitrogen and oxygen atoms in total. The highest BCUT2D eigenvalue weighted by Crippen LogP contribution is 2.29. The molecule has 0 aliphatic carbocycles. The molecular weight excluding hydrogens is 404 g/mol. The van der Waals surface area contributed by atoms with Crippen molar-refractivity contribution in [1.29, 1.82) is 0 Å². The van der Waals surface area contributed by atoms with Gasteiger partial charge in [0.25, 0.3) is 5.91 Å². The van der Waals surface area contributed by atoms with E-state index in [4.69, 9.17) is 5.73 Å². The number of rotatable bonds is 4. The topological polar surface area (TPSA) is 104 Å². The minimum Gasteiger partial charge on any atom is -0.397 e. The summed E-state index contributed by atoms with van der Waals surface area (Å²) in [4.78, 5) is 23.1. The van der Waals surface area contributed by atoms with Crippen molar-refractivity contribution in [3.05, 3.63) is 66.1 Å². The Labute approximate surface area is 177 Å². The van der Waals surface area contributed by atoms with Gasteiger partial charge >= 0.3 is 0 Å². The molecule has 9 heteroatoms. The first-order valence-electron chi connectivity index (χ1n) is 9.83. The maximum atomic E-state index is 14.2. The number of benzene rings is 1. The fourth-order valence-electron chi connectivity index (χ4n) is 3.65. The number of halogens is 2. The van der Waals surface area contributed by atoms with Gasteiger partial charge in [0.2, 0.25) is 0 Å². The number of carbonyl (C=O) groups excluding carboxylic acids is 1. The second-order valence-corrected chi connectivity index (χ2v) is 7.32. The van der Waals surface area contributed by atoms with Gasteiger partial charge < -0.3 is 21.1 Å². The first-order chi connectivity index (χ1) is 14.9. The molecule has 1 saturated heterocycles. The number of hydrogen-bond acceptors (Lipinski definition) is 6. The van der Waals surface area contributed by atoms with Crippen molar-refractivity contribution in [2.24, 2.45) is 0 Å². The first kappa shape index (κ1) is 20.7. The number of nitrogens with two attached hydrogens (primary N) is 1. The Morgan fingerprint density at radius 3 is 2.71 bits per heavy atom. The highest BCUT2D eigenvalue weighted by molar-refractivity contribution is 6.07. The molecule has 1 atom stereocenters. The minimum absolute atomic E-state index is 0.0412. The summed E-state index contributed by atoms with van der Waals surface area (Å²) in [6.07, 6.45) is 4.19. The summed E-state index contributed by atoms with van der Waals surface area (Å²) in [5.74, 6) is -2.22. The number of aliphatic hydroxyl groups is 1. The number of piperidine rings is 1. The van der Waals surface area contributed by atoms with Crippen molar-refractivity contribution in [3.8, 4) is 11.3 Å². The largest absolute Gasteiger partial charge is 0.397 e. The zero-order chi connectivity index (χ0) is 22.0. The molecule has 1 aliphatic heterocycles. The van der Waals surface area contributed by atoms with E-state index in [1.165, 1.54) is 24.4 Å². The van der Waals surface area contributed by atoms with Crippen LogP contribution in [0.25, 0.3) is 11.3 Å². The average molecular weight is 425 g/mol. The van der Waals surface area contributed by atoms with E-state index in [1.807, 2.05) is 4.90 Å². The maximum Gasteiger partial charge on any atom is 0.276 e. The van der Waals surface area contributed by atoms with E-state index < -0.39 is 23.6 Å². The average Bonchev–Trinajstić information content (AvgIpc) is 2.75. The third kappa shape index (κ3) is 4.31. The predicted molar refractivity (Wildman–Crippen MR) is 114 cm³/mol. The van der Waals surface area contributed by atoms with E-state index in [9.17, 15) is 18.7 Å². The van der Waals surface area contributed by atoms with Crippen LogP contribution in [0.1, 0.15) is 23.3 Å². The van der Waals surface area contributed by atoms with E-state index in [0.717, 1.165) is 31.5 Å². The summed E-state index contributed by atoms with van der Waals surface area (Å²) in [7, 11) is 0. The molecule has 2 aromatic heterocycles. The van der Waals surface area contributed by atoms with Gasteiger partial charge in [-0.1, -0.05) is 6.07 Å². The Kier molecular flexibility index (Phi) is 5.77. The molecule has 0 bridgehead atoms. The summed E-state index contributed by atoms with van der Waals surface area (Å²) in [5, 5.41) is 12.7. The number of pyridine rings is 2. The molecule has 160 valence electrons. The number of anilines is 3. The Balaban J connectivity index is 1.65. The summed E-state index contributed by atoms with van der Waals surface area (Å²) >= 11 is 0. The fourth-order valence-corrected chi connectivity index (χ4v) is 3.65. The van der Waals surface area contributed by atoms with Crippen LogP contribution in [0.5, 0.6) is 0 Å². The third-order valence-electron chi connectivity index (χ3n) is 5.14. The molecule has 1 amide bonds. The predicted octanol–water partition coefficient (Wildman–Crippen LogP) is 3.22. The van der Waals surface area contributed by atoms with Gasteiger partial charge in [-0.2, -0.15) is 0 Å². The van der Waals surface area contributed by atoms with Crippen molar-refractivity contribution in [3.63, 3.8) is 0 Å². The number of nitrogens with one attached hydrogen (secondary N) is 1. The molecule has 1 aromatic carbocycles. The molecule has 4 N–H and O–H groups in total. The van der Waals surface area contributed by atoms with Crippen molar-refractivity contribution < 1.29 is 18.7 Å². The van der Waals surface area contributed by atoms with E-state index in [2.05, 4.69) is 15.3 Å². The smallest absolute Gasteiger partial charge is 0.276 e. The molecule has 3 heterocycles. The zero-order valence-corrected chi connectivity index (χ0v) is 16.6. The molecule has 0 saturated carbocycles. The number of amides is 1. The second kappa shape index (κ2) is 8.65. The Bertz CT molecular complexity index is 1100. The van der Waals surface area contributed by atoms with Crippen molar-refractivity contribution in [2.45, 2.75) is 18.9 Å². The van der Waals surface area contributed by atoms with Crippen LogP contribution in [0, 0.1) is 11.6 Å². The number of β-amino-alcohol motifs (C(OH)–C–C–N with tert-alkyl or cyclic N) is 1. The molecule has 31 heavy (non-hydrogen) atoms. The summed E-state index contributed by atoms with van der Waals surface area (Å²) in [6.45, 7) is 1.17. The molecular formula is C22H21F2N5O2. The number of aromatic nitrogens is 2. The maximum absolute atomic E-state index is 14.2. The third-order valence-corrected chi connectivity index (χ3v) is 5.14. The van der Waals surface area contributed by atoms with E-state index in [1.54, 1.807) is 12.3 Å². The fraction of sp³-hybridized carbons (Fsp3) is 0.227. The van der Waals surface area contributed by atoms with Crippen LogP contribution in [0.15, 0.2) is 48.8 Å². The van der Waals surface area contributed by atoms with E-state index >= 15 is 0 Å². The number of aliphatic hydroxyl groups excluding tert-OH is 1. The van der Waals surface area contributed by atoms with Gasteiger partial charge in [0.15, 0.2) is 5.69 Å². The minimum atomic E-state index is -0.790. The highest BCUT2D eigenvalue weighted by atomic mass is 19.1. The van der Waals surface area contributed by atoms with Crippen LogP contribution >= 0.6 is 0 Å². The molecule has 1 fully saturated rings. The normalized spacial score (nSPS) is 16.2. The van der Waals surface area contributed by atoms with Crippen LogP contribution in [-0.4, -0.2) is 40.2 Å². The van der Waals surface area contributed by atoms with Crippen LogP contribution in [-0.2, 0) is 0 Å². The highest BCUT2D eigenvalue weighted by Gasteiger charge is 2.22. The van der Waals surface area contributed by atoms with Crippen LogP contribution in [0.3, 0.4) is 0 Å². The van der Waals surface area contributed by atoms with Gasteiger partial charge in [-0.3, -0.25) is 9.78 Å². The van der Waals surface area contributed by atoms with Gasteiger partial charge in [-0.15, -0.1) is 0 Å². The lowest BCUT2D eigenvalue weighted by atomic mass is 10.1. The Morgan fingerprint density at radius 1 is 1.19 bits per heavy atom. The molecule has 0 spiro atoms. The number of hydrogen-bond donors (Lipinski definition) is 3. The van der Waals surface area contributed by atoms with Gasteiger partial charge in [0.1, 0.15) is 11.6 Å². The second-order valence-electron chi connectivity index (χ2n) is 7.32. The molecule has 0 radical (unpaired) electrons. The van der Waals surface area contributed by atoms with E-state index in [0.29, 0.717) is 17.9 Å². The lowest BCUT2D eigenvalue weighted by Crippen LogP contribution is -2.38. The van der Waals surface area contributed by atoms with E-state index in [-0.39, 0.29) is 22.6 Å².